The first-order valence-electron chi connectivity index (χ1n) is 13.0. The molecule has 5 heteroatoms. The molecule has 5 nitrogen and oxygen atoms in total. The lowest BCUT2D eigenvalue weighted by molar-refractivity contribution is 0.0619. The molecule has 0 unspecified atom stereocenters. The van der Waals surface area contributed by atoms with Crippen molar-refractivity contribution in [1.82, 2.24) is 14.4 Å². The van der Waals surface area contributed by atoms with Crippen molar-refractivity contribution in [2.45, 2.75) is 39.5 Å². The van der Waals surface area contributed by atoms with Crippen LogP contribution in [0, 0.1) is 0 Å². The van der Waals surface area contributed by atoms with E-state index in [1.807, 2.05) is 47.4 Å². The first-order chi connectivity index (χ1) is 17.6. The van der Waals surface area contributed by atoms with Gasteiger partial charge >= 0.3 is 0 Å². The van der Waals surface area contributed by atoms with Crippen molar-refractivity contribution >= 4 is 16.8 Å². The Morgan fingerprint density at radius 3 is 2.11 bits per heavy atom. The highest BCUT2D eigenvalue weighted by Gasteiger charge is 2.26. The summed E-state index contributed by atoms with van der Waals surface area (Å²) in [5.41, 5.74) is 4.25. The van der Waals surface area contributed by atoms with Gasteiger partial charge in [-0.1, -0.05) is 73.7 Å². The van der Waals surface area contributed by atoms with Crippen LogP contribution in [-0.4, -0.2) is 52.6 Å². The van der Waals surface area contributed by atoms with Gasteiger partial charge in [0.05, 0.1) is 11.6 Å². The molecule has 2 heterocycles. The minimum absolute atomic E-state index is 0.0935. The van der Waals surface area contributed by atoms with Gasteiger partial charge in [-0.3, -0.25) is 9.69 Å². The van der Waals surface area contributed by atoms with Gasteiger partial charge in [0.1, 0.15) is 11.4 Å². The van der Waals surface area contributed by atoms with E-state index >= 15 is 0 Å². The molecular formula is C31H35N3O2. The molecule has 1 saturated heterocycles. The average Bonchev–Trinajstić information content (AvgIpc) is 3.29. The minimum Gasteiger partial charge on any atom is -0.490 e. The molecule has 1 atom stereocenters. The highest BCUT2D eigenvalue weighted by atomic mass is 16.5. The predicted octanol–water partition coefficient (Wildman–Crippen LogP) is 5.82. The second-order valence-electron chi connectivity index (χ2n) is 9.68. The molecule has 0 spiro atoms. The Hall–Kier alpha value is -3.57. The van der Waals surface area contributed by atoms with Crippen LogP contribution in [0.25, 0.3) is 10.9 Å². The summed E-state index contributed by atoms with van der Waals surface area (Å²) in [5, 5.41) is 1.000. The van der Waals surface area contributed by atoms with E-state index in [-0.39, 0.29) is 12.0 Å². The van der Waals surface area contributed by atoms with E-state index in [1.54, 1.807) is 0 Å². The van der Waals surface area contributed by atoms with Crippen molar-refractivity contribution in [2.75, 3.05) is 26.2 Å². The lowest BCUT2D eigenvalue weighted by Gasteiger charge is -2.35. The fraction of sp³-hybridized carbons (Fsp3) is 0.323. The number of fused-ring (bicyclic) bond motifs is 1. The zero-order valence-corrected chi connectivity index (χ0v) is 21.3. The molecule has 1 aliphatic rings. The molecule has 0 N–H and O–H groups in total. The van der Waals surface area contributed by atoms with Crippen molar-refractivity contribution in [1.29, 1.82) is 0 Å². The van der Waals surface area contributed by atoms with Crippen LogP contribution in [0.3, 0.4) is 0 Å². The van der Waals surface area contributed by atoms with E-state index in [0.717, 1.165) is 61.5 Å². The summed E-state index contributed by atoms with van der Waals surface area (Å²) in [4.78, 5) is 18.3. The van der Waals surface area contributed by atoms with Gasteiger partial charge in [-0.05, 0) is 42.7 Å². The Labute approximate surface area is 213 Å². The predicted molar refractivity (Wildman–Crippen MR) is 145 cm³/mol. The lowest BCUT2D eigenvalue weighted by Crippen LogP contribution is -2.48. The van der Waals surface area contributed by atoms with Crippen molar-refractivity contribution < 1.29 is 9.53 Å². The van der Waals surface area contributed by atoms with Crippen LogP contribution in [-0.2, 0) is 13.1 Å². The highest BCUT2D eigenvalue weighted by molar-refractivity contribution is 6.00. The number of nitrogens with zero attached hydrogens (tertiary/aromatic N) is 3. The van der Waals surface area contributed by atoms with Gasteiger partial charge in [0.2, 0.25) is 0 Å². The van der Waals surface area contributed by atoms with Crippen molar-refractivity contribution in [3.05, 3.63) is 102 Å². The van der Waals surface area contributed by atoms with Crippen LogP contribution in [0.1, 0.15) is 41.9 Å². The Balaban J connectivity index is 1.41. The molecule has 36 heavy (non-hydrogen) atoms. The monoisotopic (exact) mass is 481 g/mol. The zero-order valence-electron chi connectivity index (χ0n) is 21.3. The molecule has 1 aliphatic heterocycles. The summed E-state index contributed by atoms with van der Waals surface area (Å²) < 4.78 is 8.41. The van der Waals surface area contributed by atoms with Crippen LogP contribution in [0.2, 0.25) is 0 Å². The maximum atomic E-state index is 13.9. The topological polar surface area (TPSA) is 37.7 Å². The van der Waals surface area contributed by atoms with Crippen molar-refractivity contribution in [3.63, 3.8) is 0 Å². The summed E-state index contributed by atoms with van der Waals surface area (Å²) >= 11 is 0. The number of benzene rings is 3. The van der Waals surface area contributed by atoms with E-state index in [1.165, 1.54) is 11.1 Å². The molecule has 4 aromatic rings. The number of carbonyl (C=O) groups is 1. The Morgan fingerprint density at radius 2 is 1.47 bits per heavy atom. The second kappa shape index (κ2) is 11.0. The van der Waals surface area contributed by atoms with Crippen LogP contribution < -0.4 is 4.74 Å². The number of rotatable bonds is 8. The van der Waals surface area contributed by atoms with Crippen molar-refractivity contribution in [2.24, 2.45) is 0 Å². The summed E-state index contributed by atoms with van der Waals surface area (Å²) in [6, 6.07) is 29.1. The number of aromatic nitrogens is 1. The van der Waals surface area contributed by atoms with Crippen LogP contribution in [0.15, 0.2) is 84.9 Å². The average molecular weight is 482 g/mol. The normalized spacial score (nSPS) is 15.2. The molecule has 3 aromatic carbocycles. The number of piperazine rings is 1. The van der Waals surface area contributed by atoms with Gasteiger partial charge in [-0.2, -0.15) is 0 Å². The van der Waals surface area contributed by atoms with Gasteiger partial charge in [0.15, 0.2) is 0 Å². The quantitative estimate of drug-likeness (QED) is 0.318. The van der Waals surface area contributed by atoms with Crippen LogP contribution >= 0.6 is 0 Å². The molecule has 186 valence electrons. The third kappa shape index (κ3) is 5.31. The third-order valence-corrected chi connectivity index (χ3v) is 7.12. The van der Waals surface area contributed by atoms with Gasteiger partial charge in [-0.25, -0.2) is 0 Å². The SMILES string of the molecule is CC[C@@H](C)Oc1cccc2c1cc(C(=O)N1CCN(Cc3ccccc3)CC1)n2Cc1ccccc1. The smallest absolute Gasteiger partial charge is 0.270 e. The molecule has 0 radical (unpaired) electrons. The molecule has 0 aliphatic carbocycles. The Bertz CT molecular complexity index is 1290. The number of hydrogen-bond acceptors (Lipinski definition) is 3. The van der Waals surface area contributed by atoms with E-state index in [2.05, 4.69) is 65.8 Å². The molecule has 1 fully saturated rings. The summed E-state index contributed by atoms with van der Waals surface area (Å²) in [5.74, 6) is 0.936. The van der Waals surface area contributed by atoms with Gasteiger partial charge < -0.3 is 14.2 Å². The maximum Gasteiger partial charge on any atom is 0.270 e. The summed E-state index contributed by atoms with van der Waals surface area (Å²) in [6.07, 6.45) is 1.05. The molecule has 0 saturated carbocycles. The van der Waals surface area contributed by atoms with E-state index < -0.39 is 0 Å². The Kier molecular flexibility index (Phi) is 7.38. The fourth-order valence-corrected chi connectivity index (χ4v) is 4.89. The van der Waals surface area contributed by atoms with Gasteiger partial charge in [0, 0.05) is 44.7 Å². The minimum atomic E-state index is 0.0935. The molecule has 0 bridgehead atoms. The molecular weight excluding hydrogens is 446 g/mol. The standard InChI is InChI=1S/C31H35N3O2/c1-3-24(2)36-30-16-10-15-28-27(30)21-29(34(28)23-26-13-8-5-9-14-26)31(35)33-19-17-32(18-20-33)22-25-11-6-4-7-12-25/h4-16,21,24H,3,17-20,22-23H2,1-2H3/t24-/m1/s1. The summed E-state index contributed by atoms with van der Waals surface area (Å²) in [7, 11) is 0. The zero-order chi connectivity index (χ0) is 24.9. The first kappa shape index (κ1) is 24.1. The fourth-order valence-electron chi connectivity index (χ4n) is 4.89. The van der Waals surface area contributed by atoms with Crippen LogP contribution in [0.4, 0.5) is 0 Å². The van der Waals surface area contributed by atoms with Crippen LogP contribution in [0.5, 0.6) is 5.75 Å². The number of ether oxygens (including phenoxy) is 1. The highest BCUT2D eigenvalue weighted by Crippen LogP contribution is 2.31. The number of carbonyl (C=O) groups excluding carboxylic acids is 1. The maximum absolute atomic E-state index is 13.9. The second-order valence-corrected chi connectivity index (χ2v) is 9.68. The number of amides is 1. The van der Waals surface area contributed by atoms with Gasteiger partial charge in [0.25, 0.3) is 5.91 Å². The van der Waals surface area contributed by atoms with E-state index in [0.29, 0.717) is 6.54 Å². The lowest BCUT2D eigenvalue weighted by atomic mass is 10.2. The molecule has 5 rings (SSSR count). The van der Waals surface area contributed by atoms with E-state index in [4.69, 9.17) is 4.74 Å². The first-order valence-corrected chi connectivity index (χ1v) is 13.0. The van der Waals surface area contributed by atoms with E-state index in [9.17, 15) is 4.79 Å². The molecule has 1 amide bonds. The summed E-state index contributed by atoms with van der Waals surface area (Å²) in [6.45, 7) is 8.99. The van der Waals surface area contributed by atoms with Gasteiger partial charge in [-0.15, -0.1) is 0 Å². The van der Waals surface area contributed by atoms with Crippen molar-refractivity contribution in [3.8, 4) is 5.75 Å². The largest absolute Gasteiger partial charge is 0.490 e. The number of hydrogen-bond donors (Lipinski definition) is 0. The third-order valence-electron chi connectivity index (χ3n) is 7.12. The Morgan fingerprint density at radius 1 is 0.833 bits per heavy atom. The molecule has 1 aromatic heterocycles.